The van der Waals surface area contributed by atoms with E-state index in [0.29, 0.717) is 5.02 Å². The van der Waals surface area contributed by atoms with Gasteiger partial charge < -0.3 is 5.32 Å². The summed E-state index contributed by atoms with van der Waals surface area (Å²) < 4.78 is 13.0. The largest absolute Gasteiger partial charge is 0.348 e. The second-order valence-electron chi connectivity index (χ2n) is 5.44. The summed E-state index contributed by atoms with van der Waals surface area (Å²) in [5, 5.41) is 4.31. The van der Waals surface area contributed by atoms with Gasteiger partial charge in [0.05, 0.1) is 21.8 Å². The number of benzene rings is 1. The first-order valence-corrected chi connectivity index (χ1v) is 8.61. The first kappa shape index (κ1) is 17.8. The molecule has 1 N–H and O–H groups in total. The van der Waals surface area contributed by atoms with Gasteiger partial charge in [0.2, 0.25) is 5.91 Å². The molecule has 1 heterocycles. The number of hydrogen-bond acceptors (Lipinski definition) is 3. The van der Waals surface area contributed by atoms with Crippen molar-refractivity contribution in [2.75, 3.05) is 5.75 Å². The van der Waals surface area contributed by atoms with Crippen LogP contribution in [0.4, 0.5) is 4.39 Å². The van der Waals surface area contributed by atoms with Crippen LogP contribution in [0.15, 0.2) is 47.6 Å². The van der Waals surface area contributed by atoms with Crippen LogP contribution in [0.1, 0.15) is 25.5 Å². The average molecular weight is 353 g/mol. The summed E-state index contributed by atoms with van der Waals surface area (Å²) in [6.07, 6.45) is 1.55. The van der Waals surface area contributed by atoms with Crippen molar-refractivity contribution in [2.24, 2.45) is 5.92 Å². The van der Waals surface area contributed by atoms with Gasteiger partial charge in [-0.15, -0.1) is 0 Å². The zero-order valence-corrected chi connectivity index (χ0v) is 14.5. The Balaban J connectivity index is 1.95. The fourth-order valence-corrected chi connectivity index (χ4v) is 2.87. The van der Waals surface area contributed by atoms with Crippen molar-refractivity contribution in [3.05, 3.63) is 59.0 Å². The lowest BCUT2D eigenvalue weighted by Gasteiger charge is -2.23. The van der Waals surface area contributed by atoms with Crippen LogP contribution in [0.25, 0.3) is 0 Å². The second-order valence-corrected chi connectivity index (χ2v) is 6.88. The number of halogens is 2. The van der Waals surface area contributed by atoms with Crippen LogP contribution in [0.2, 0.25) is 5.02 Å². The summed E-state index contributed by atoms with van der Waals surface area (Å²) in [5.74, 6) is 0.0868. The van der Waals surface area contributed by atoms with Crippen molar-refractivity contribution < 1.29 is 9.18 Å². The molecule has 0 fully saturated rings. The standard InChI is InChI=1S/C17H18ClFN2OS/c1-11(2)17(12-3-6-14(19)7-4-12)21-15(22)10-23-16-8-5-13(18)9-20-16/h3-9,11,17H,10H2,1-2H3,(H,21,22). The molecule has 1 aromatic carbocycles. The lowest BCUT2D eigenvalue weighted by Crippen LogP contribution is -2.33. The van der Waals surface area contributed by atoms with Crippen LogP contribution in [0.3, 0.4) is 0 Å². The summed E-state index contributed by atoms with van der Waals surface area (Å²) in [5.41, 5.74) is 0.893. The third-order valence-electron chi connectivity index (χ3n) is 3.26. The van der Waals surface area contributed by atoms with Crippen molar-refractivity contribution in [2.45, 2.75) is 24.9 Å². The Morgan fingerprint density at radius 2 is 1.96 bits per heavy atom. The average Bonchev–Trinajstić information content (AvgIpc) is 2.53. The second kappa shape index (κ2) is 8.31. The maximum absolute atomic E-state index is 13.0. The normalized spacial score (nSPS) is 12.2. The highest BCUT2D eigenvalue weighted by Gasteiger charge is 2.18. The lowest BCUT2D eigenvalue weighted by atomic mass is 9.96. The number of carbonyl (C=O) groups is 1. The smallest absolute Gasteiger partial charge is 0.230 e. The lowest BCUT2D eigenvalue weighted by molar-refractivity contribution is -0.119. The summed E-state index contributed by atoms with van der Waals surface area (Å²) in [6.45, 7) is 4.03. The van der Waals surface area contributed by atoms with Gasteiger partial charge in [-0.2, -0.15) is 0 Å². The number of nitrogens with zero attached hydrogens (tertiary/aromatic N) is 1. The highest BCUT2D eigenvalue weighted by atomic mass is 35.5. The van der Waals surface area contributed by atoms with Crippen LogP contribution in [0.5, 0.6) is 0 Å². The molecule has 0 aliphatic carbocycles. The van der Waals surface area contributed by atoms with E-state index in [9.17, 15) is 9.18 Å². The predicted octanol–water partition coefficient (Wildman–Crippen LogP) is 4.48. The van der Waals surface area contributed by atoms with Gasteiger partial charge in [0.1, 0.15) is 5.82 Å². The molecule has 3 nitrogen and oxygen atoms in total. The predicted molar refractivity (Wildman–Crippen MR) is 92.1 cm³/mol. The summed E-state index contributed by atoms with van der Waals surface area (Å²) in [7, 11) is 0. The van der Waals surface area contributed by atoms with Gasteiger partial charge in [0.15, 0.2) is 0 Å². The Labute approximate surface area is 144 Å². The van der Waals surface area contributed by atoms with Gasteiger partial charge in [0.25, 0.3) is 0 Å². The minimum Gasteiger partial charge on any atom is -0.348 e. The highest BCUT2D eigenvalue weighted by Crippen LogP contribution is 2.23. The Morgan fingerprint density at radius 3 is 2.52 bits per heavy atom. The molecule has 0 aliphatic heterocycles. The zero-order valence-electron chi connectivity index (χ0n) is 12.9. The Hall–Kier alpha value is -1.59. The van der Waals surface area contributed by atoms with E-state index in [2.05, 4.69) is 10.3 Å². The molecule has 122 valence electrons. The van der Waals surface area contributed by atoms with Crippen LogP contribution in [-0.4, -0.2) is 16.6 Å². The first-order valence-electron chi connectivity index (χ1n) is 7.25. The maximum Gasteiger partial charge on any atom is 0.230 e. The van der Waals surface area contributed by atoms with Crippen LogP contribution < -0.4 is 5.32 Å². The van der Waals surface area contributed by atoms with Crippen LogP contribution >= 0.6 is 23.4 Å². The van der Waals surface area contributed by atoms with E-state index in [1.54, 1.807) is 30.5 Å². The third kappa shape index (κ3) is 5.52. The molecule has 0 spiro atoms. The molecule has 2 rings (SSSR count). The van der Waals surface area contributed by atoms with Crippen molar-refractivity contribution in [3.8, 4) is 0 Å². The van der Waals surface area contributed by atoms with Gasteiger partial charge >= 0.3 is 0 Å². The van der Waals surface area contributed by atoms with Crippen molar-refractivity contribution in [1.82, 2.24) is 10.3 Å². The summed E-state index contributed by atoms with van der Waals surface area (Å²) >= 11 is 7.13. The molecule has 1 aromatic heterocycles. The fraction of sp³-hybridized carbons (Fsp3) is 0.294. The summed E-state index contributed by atoms with van der Waals surface area (Å²) in [6, 6.07) is 9.58. The maximum atomic E-state index is 13.0. The van der Waals surface area contributed by atoms with Crippen molar-refractivity contribution in [3.63, 3.8) is 0 Å². The fourth-order valence-electron chi connectivity index (χ4n) is 2.11. The molecular formula is C17H18ClFN2OS. The van der Waals surface area contributed by atoms with Gasteiger partial charge in [-0.25, -0.2) is 9.37 Å². The van der Waals surface area contributed by atoms with E-state index in [0.717, 1.165) is 10.6 Å². The molecular weight excluding hydrogens is 335 g/mol. The van der Waals surface area contributed by atoms with Crippen LogP contribution in [0, 0.1) is 11.7 Å². The van der Waals surface area contributed by atoms with Crippen molar-refractivity contribution in [1.29, 1.82) is 0 Å². The molecule has 1 atom stereocenters. The SMILES string of the molecule is CC(C)C(NC(=O)CSc1ccc(Cl)cn1)c1ccc(F)cc1. The number of pyridine rings is 1. The number of thioether (sulfide) groups is 1. The molecule has 23 heavy (non-hydrogen) atoms. The van der Waals surface area contributed by atoms with Gasteiger partial charge in [0, 0.05) is 6.20 Å². The van der Waals surface area contributed by atoms with E-state index in [1.807, 2.05) is 13.8 Å². The number of rotatable bonds is 6. The van der Waals surface area contributed by atoms with Gasteiger partial charge in [-0.1, -0.05) is 49.3 Å². The van der Waals surface area contributed by atoms with E-state index >= 15 is 0 Å². The molecule has 0 radical (unpaired) electrons. The highest BCUT2D eigenvalue weighted by molar-refractivity contribution is 7.99. The molecule has 0 aliphatic rings. The van der Waals surface area contributed by atoms with Gasteiger partial charge in [-0.05, 0) is 35.7 Å². The van der Waals surface area contributed by atoms with E-state index in [4.69, 9.17) is 11.6 Å². The molecule has 1 amide bonds. The molecule has 6 heteroatoms. The monoisotopic (exact) mass is 352 g/mol. The van der Waals surface area contributed by atoms with E-state index < -0.39 is 0 Å². The number of nitrogens with one attached hydrogen (secondary N) is 1. The third-order valence-corrected chi connectivity index (χ3v) is 4.43. The number of amides is 1. The molecule has 0 saturated carbocycles. The Morgan fingerprint density at radius 1 is 1.26 bits per heavy atom. The quantitative estimate of drug-likeness (QED) is 0.779. The minimum absolute atomic E-state index is 0.0882. The van der Waals surface area contributed by atoms with Crippen LogP contribution in [-0.2, 0) is 4.79 Å². The first-order chi connectivity index (χ1) is 11.0. The topological polar surface area (TPSA) is 42.0 Å². The Bertz CT molecular complexity index is 647. The zero-order chi connectivity index (χ0) is 16.8. The van der Waals surface area contributed by atoms with E-state index in [1.165, 1.54) is 23.9 Å². The van der Waals surface area contributed by atoms with E-state index in [-0.39, 0.29) is 29.4 Å². The number of aromatic nitrogens is 1. The summed E-state index contributed by atoms with van der Waals surface area (Å²) in [4.78, 5) is 16.3. The number of hydrogen-bond donors (Lipinski definition) is 1. The molecule has 2 aromatic rings. The molecule has 0 bridgehead atoms. The minimum atomic E-state index is -0.285. The van der Waals surface area contributed by atoms with Crippen molar-refractivity contribution >= 4 is 29.3 Å². The Kier molecular flexibility index (Phi) is 6.42. The number of carbonyl (C=O) groups excluding carboxylic acids is 1. The molecule has 1 unspecified atom stereocenters. The molecule has 0 saturated heterocycles. The van der Waals surface area contributed by atoms with Gasteiger partial charge in [-0.3, -0.25) is 4.79 Å².